The predicted molar refractivity (Wildman–Crippen MR) is 54.0 cm³/mol. The fourth-order valence-corrected chi connectivity index (χ4v) is 1.86. The quantitative estimate of drug-likeness (QED) is 0.348. The van der Waals surface area contributed by atoms with Crippen LogP contribution in [0.3, 0.4) is 0 Å². The normalized spacial score (nSPS) is 30.2. The summed E-state index contributed by atoms with van der Waals surface area (Å²) >= 11 is 0. The topological polar surface area (TPSA) is 161 Å². The molecule has 0 aromatic carbocycles. The molecule has 0 amide bonds. The molecule has 1 rings (SSSR count). The van der Waals surface area contributed by atoms with Crippen molar-refractivity contribution in [3.05, 3.63) is 0 Å². The van der Waals surface area contributed by atoms with Crippen LogP contribution in [0.5, 0.6) is 0 Å². The van der Waals surface area contributed by atoms with Crippen LogP contribution in [0.25, 0.3) is 0 Å². The van der Waals surface area contributed by atoms with Crippen LogP contribution in [0.15, 0.2) is 0 Å². The first kappa shape index (κ1) is 16.8. The van der Waals surface area contributed by atoms with Crippen molar-refractivity contribution >= 4 is 53.4 Å². The maximum Gasteiger partial charge on any atom is 0.321 e. The third kappa shape index (κ3) is 2.99. The maximum atomic E-state index is 10.8. The summed E-state index contributed by atoms with van der Waals surface area (Å²) in [5.74, 6) is -10.2. The molecule has 0 aliphatic carbocycles. The van der Waals surface area contributed by atoms with Crippen molar-refractivity contribution in [2.75, 3.05) is 0 Å². The summed E-state index contributed by atoms with van der Waals surface area (Å²) in [5.41, 5.74) is 0. The Labute approximate surface area is 122 Å². The Morgan fingerprint density at radius 2 is 0.944 bits per heavy atom. The molecule has 95 valence electrons. The Hall–Kier alpha value is -1.16. The summed E-state index contributed by atoms with van der Waals surface area (Å²) in [6.07, 6.45) is 0. The molecular formula is C8H9NNaO8. The largest absolute Gasteiger partial charge is 0.481 e. The van der Waals surface area contributed by atoms with E-state index in [2.05, 4.69) is 0 Å². The summed E-state index contributed by atoms with van der Waals surface area (Å²) in [4.78, 5) is 43.2. The molecule has 5 N–H and O–H groups in total. The molecule has 1 saturated heterocycles. The van der Waals surface area contributed by atoms with Crippen molar-refractivity contribution in [1.82, 2.24) is 5.32 Å². The van der Waals surface area contributed by atoms with Gasteiger partial charge >= 0.3 is 23.9 Å². The van der Waals surface area contributed by atoms with E-state index in [1.807, 2.05) is 5.32 Å². The fourth-order valence-electron chi connectivity index (χ4n) is 1.86. The van der Waals surface area contributed by atoms with Gasteiger partial charge in [0.1, 0.15) is 12.1 Å². The predicted octanol–water partition coefficient (Wildman–Crippen LogP) is -2.48. The SMILES string of the molecule is O=C(O)C1NC(C(=O)O)C(C(=O)O)C1C(=O)O.[Na]. The molecule has 18 heavy (non-hydrogen) atoms. The average Bonchev–Trinajstić information content (AvgIpc) is 2.56. The first-order chi connectivity index (χ1) is 7.77. The van der Waals surface area contributed by atoms with E-state index >= 15 is 0 Å². The Balaban J connectivity index is 0.00000289. The minimum atomic E-state index is -1.83. The van der Waals surface area contributed by atoms with E-state index in [0.29, 0.717) is 0 Å². The number of carbonyl (C=O) groups is 4. The van der Waals surface area contributed by atoms with Crippen molar-refractivity contribution in [3.63, 3.8) is 0 Å². The van der Waals surface area contributed by atoms with Gasteiger partial charge in [-0.05, 0) is 0 Å². The molecule has 4 unspecified atom stereocenters. The molecule has 10 heteroatoms. The van der Waals surface area contributed by atoms with Gasteiger partial charge in [0.05, 0.1) is 11.8 Å². The maximum absolute atomic E-state index is 10.8. The molecule has 1 aliphatic rings. The standard InChI is InChI=1S/C8H9NO8.Na/c10-5(11)1-2(6(12)13)4(8(16)17)9-3(1)7(14)15;/h1-4,9H,(H,10,11)(H,12,13)(H,14,15)(H,16,17);. The summed E-state index contributed by atoms with van der Waals surface area (Å²) in [6, 6.07) is -3.48. The number of nitrogens with one attached hydrogen (secondary N) is 1. The van der Waals surface area contributed by atoms with E-state index in [1.54, 1.807) is 0 Å². The van der Waals surface area contributed by atoms with Gasteiger partial charge in [0.2, 0.25) is 0 Å². The van der Waals surface area contributed by atoms with Gasteiger partial charge < -0.3 is 20.4 Å². The molecule has 1 radical (unpaired) electrons. The van der Waals surface area contributed by atoms with Crippen LogP contribution in [0.4, 0.5) is 0 Å². The summed E-state index contributed by atoms with van der Waals surface area (Å²) in [5, 5.41) is 37.0. The minimum absolute atomic E-state index is 0. The van der Waals surface area contributed by atoms with Gasteiger partial charge in [-0.2, -0.15) is 0 Å². The van der Waals surface area contributed by atoms with Crippen molar-refractivity contribution in [1.29, 1.82) is 0 Å². The zero-order valence-electron chi connectivity index (χ0n) is 9.23. The Kier molecular flexibility index (Phi) is 5.74. The van der Waals surface area contributed by atoms with Crippen LogP contribution in [0.1, 0.15) is 0 Å². The zero-order chi connectivity index (χ0) is 13.3. The molecule has 1 fully saturated rings. The summed E-state index contributed by atoms with van der Waals surface area (Å²) in [7, 11) is 0. The molecule has 0 saturated carbocycles. The fraction of sp³-hybridized carbons (Fsp3) is 0.500. The smallest absolute Gasteiger partial charge is 0.321 e. The third-order valence-electron chi connectivity index (χ3n) is 2.57. The second-order valence-corrected chi connectivity index (χ2v) is 3.53. The molecular weight excluding hydrogens is 261 g/mol. The van der Waals surface area contributed by atoms with Gasteiger partial charge in [-0.15, -0.1) is 0 Å². The molecule has 0 spiro atoms. The number of hydrogen-bond acceptors (Lipinski definition) is 5. The third-order valence-corrected chi connectivity index (χ3v) is 2.57. The first-order valence-corrected chi connectivity index (χ1v) is 4.44. The number of aliphatic carboxylic acids is 4. The van der Waals surface area contributed by atoms with Gasteiger partial charge in [0, 0.05) is 29.6 Å². The molecule has 0 aromatic rings. The van der Waals surface area contributed by atoms with E-state index < -0.39 is 47.8 Å². The molecule has 0 bridgehead atoms. The van der Waals surface area contributed by atoms with Crippen LogP contribution in [-0.2, 0) is 19.2 Å². The van der Waals surface area contributed by atoms with E-state index in [-0.39, 0.29) is 29.6 Å². The second kappa shape index (κ2) is 6.14. The minimum Gasteiger partial charge on any atom is -0.481 e. The van der Waals surface area contributed by atoms with Gasteiger partial charge in [-0.3, -0.25) is 24.5 Å². The monoisotopic (exact) mass is 270 g/mol. The van der Waals surface area contributed by atoms with Crippen molar-refractivity contribution < 1.29 is 39.6 Å². The van der Waals surface area contributed by atoms with Gasteiger partial charge in [0.25, 0.3) is 0 Å². The number of hydrogen-bond donors (Lipinski definition) is 5. The van der Waals surface area contributed by atoms with Crippen LogP contribution in [0, 0.1) is 11.8 Å². The second-order valence-electron chi connectivity index (χ2n) is 3.53. The van der Waals surface area contributed by atoms with Crippen LogP contribution in [0.2, 0.25) is 0 Å². The van der Waals surface area contributed by atoms with Crippen LogP contribution in [-0.4, -0.2) is 85.9 Å². The van der Waals surface area contributed by atoms with Crippen molar-refractivity contribution in [2.24, 2.45) is 11.8 Å². The van der Waals surface area contributed by atoms with Crippen molar-refractivity contribution in [2.45, 2.75) is 12.1 Å². The van der Waals surface area contributed by atoms with E-state index in [0.717, 1.165) is 0 Å². The van der Waals surface area contributed by atoms with Crippen molar-refractivity contribution in [3.8, 4) is 0 Å². The van der Waals surface area contributed by atoms with Crippen LogP contribution >= 0.6 is 0 Å². The number of carboxylic acids is 4. The van der Waals surface area contributed by atoms with Gasteiger partial charge in [0.15, 0.2) is 0 Å². The zero-order valence-corrected chi connectivity index (χ0v) is 11.2. The molecule has 9 nitrogen and oxygen atoms in total. The van der Waals surface area contributed by atoms with Gasteiger partial charge in [-0.1, -0.05) is 0 Å². The number of rotatable bonds is 4. The molecule has 4 atom stereocenters. The van der Waals surface area contributed by atoms with E-state index in [9.17, 15) is 19.2 Å². The Morgan fingerprint density at radius 1 is 0.667 bits per heavy atom. The van der Waals surface area contributed by atoms with E-state index in [1.165, 1.54) is 0 Å². The molecule has 1 aliphatic heterocycles. The summed E-state index contributed by atoms with van der Waals surface area (Å²) < 4.78 is 0. The molecule has 0 aromatic heterocycles. The summed E-state index contributed by atoms with van der Waals surface area (Å²) in [6.45, 7) is 0. The van der Waals surface area contributed by atoms with E-state index in [4.69, 9.17) is 20.4 Å². The average molecular weight is 270 g/mol. The molecule has 1 heterocycles. The number of carboxylic acid groups (broad SMARTS) is 4. The Morgan fingerprint density at radius 3 is 1.11 bits per heavy atom. The Bertz CT molecular complexity index is 361. The first-order valence-electron chi connectivity index (χ1n) is 4.44. The van der Waals surface area contributed by atoms with Crippen LogP contribution < -0.4 is 5.32 Å². The van der Waals surface area contributed by atoms with Gasteiger partial charge in [-0.25, -0.2) is 0 Å².